The highest BCUT2D eigenvalue weighted by Gasteiger charge is 2.40. The Bertz CT molecular complexity index is 1010. The van der Waals surface area contributed by atoms with Crippen LogP contribution in [-0.4, -0.2) is 78.5 Å². The molecule has 2 aliphatic rings. The maximum atomic E-state index is 14.0. The predicted molar refractivity (Wildman–Crippen MR) is 112 cm³/mol. The number of nitrogens with one attached hydrogen (secondary N) is 2. The minimum absolute atomic E-state index is 0.192. The molecule has 9 nitrogen and oxygen atoms in total. The lowest BCUT2D eigenvalue weighted by molar-refractivity contribution is 0.0256. The van der Waals surface area contributed by atoms with Gasteiger partial charge in [-0.3, -0.25) is 9.40 Å². The quantitative estimate of drug-likeness (QED) is 0.591. The van der Waals surface area contributed by atoms with Crippen LogP contribution in [0.3, 0.4) is 0 Å². The summed E-state index contributed by atoms with van der Waals surface area (Å²) in [4.78, 5) is 10.7. The summed E-state index contributed by atoms with van der Waals surface area (Å²) in [6.45, 7) is 1.88. The molecule has 30 heavy (non-hydrogen) atoms. The molecule has 0 unspecified atom stereocenters. The van der Waals surface area contributed by atoms with Gasteiger partial charge in [-0.1, -0.05) is 11.9 Å². The van der Waals surface area contributed by atoms with Crippen LogP contribution in [0.15, 0.2) is 18.6 Å². The summed E-state index contributed by atoms with van der Waals surface area (Å²) >= 11 is 1.76. The van der Waals surface area contributed by atoms with Crippen molar-refractivity contribution in [3.63, 3.8) is 0 Å². The Kier molecular flexibility index (Phi) is 4.97. The van der Waals surface area contributed by atoms with Crippen molar-refractivity contribution in [2.75, 3.05) is 42.7 Å². The fourth-order valence-corrected chi connectivity index (χ4v) is 4.63. The van der Waals surface area contributed by atoms with E-state index < -0.39 is 5.92 Å². The number of alkyl halides is 2. The number of aromatic amines is 1. The van der Waals surface area contributed by atoms with E-state index in [0.29, 0.717) is 23.1 Å². The first-order chi connectivity index (χ1) is 14.5. The fourth-order valence-electron chi connectivity index (χ4n) is 4.05. The van der Waals surface area contributed by atoms with E-state index in [1.165, 1.54) is 0 Å². The number of hydrogen-bond acceptors (Lipinski definition) is 8. The minimum atomic E-state index is -2.73. The van der Waals surface area contributed by atoms with Crippen molar-refractivity contribution in [1.29, 1.82) is 0 Å². The largest absolute Gasteiger partial charge is 0.350 e. The zero-order valence-electron chi connectivity index (χ0n) is 16.6. The Morgan fingerprint density at radius 1 is 1.23 bits per heavy atom. The topological polar surface area (TPSA) is 90.3 Å². The second-order valence-electron chi connectivity index (χ2n) is 7.68. The number of fused-ring (bicyclic) bond motifs is 1. The Hall–Kier alpha value is -2.47. The Balaban J connectivity index is 1.49. The number of halogens is 2. The predicted octanol–water partition coefficient (Wildman–Crippen LogP) is 2.51. The number of piperidine rings is 1. The van der Waals surface area contributed by atoms with E-state index in [1.807, 2.05) is 0 Å². The van der Waals surface area contributed by atoms with Crippen molar-refractivity contribution in [2.45, 2.75) is 31.2 Å². The molecule has 2 fully saturated rings. The third-order valence-corrected chi connectivity index (χ3v) is 6.52. The van der Waals surface area contributed by atoms with E-state index in [1.54, 1.807) is 40.0 Å². The zero-order valence-corrected chi connectivity index (χ0v) is 17.4. The van der Waals surface area contributed by atoms with Gasteiger partial charge in [-0.05, 0) is 19.1 Å². The molecule has 2 N–H and O–H groups in total. The van der Waals surface area contributed by atoms with Crippen LogP contribution < -0.4 is 10.2 Å². The summed E-state index contributed by atoms with van der Waals surface area (Å²) < 4.78 is 31.9. The van der Waals surface area contributed by atoms with E-state index in [0.717, 1.165) is 31.5 Å². The summed E-state index contributed by atoms with van der Waals surface area (Å²) in [6.07, 6.45) is 8.84. The van der Waals surface area contributed by atoms with Crippen LogP contribution in [0.25, 0.3) is 16.9 Å². The molecule has 0 spiro atoms. The smallest absolute Gasteiger partial charge is 0.266 e. The monoisotopic (exact) mass is 435 g/mol. The van der Waals surface area contributed by atoms with Crippen molar-refractivity contribution >= 4 is 29.4 Å². The molecule has 0 aliphatic carbocycles. The van der Waals surface area contributed by atoms with Crippen molar-refractivity contribution in [3.8, 4) is 11.3 Å². The molecule has 3 aromatic heterocycles. The molecule has 0 aromatic carbocycles. The molecule has 160 valence electrons. The van der Waals surface area contributed by atoms with Crippen LogP contribution in [-0.2, 0) is 0 Å². The molecule has 3 aromatic rings. The summed E-state index contributed by atoms with van der Waals surface area (Å²) in [5, 5.41) is 14.8. The second kappa shape index (κ2) is 7.65. The molecular formula is C18H23F2N9S. The Labute approximate surface area is 176 Å². The maximum absolute atomic E-state index is 14.0. The molecule has 0 amide bonds. The first-order valence-corrected chi connectivity index (χ1v) is 11.1. The Morgan fingerprint density at radius 2 is 2.07 bits per heavy atom. The van der Waals surface area contributed by atoms with Gasteiger partial charge in [-0.15, -0.1) is 5.10 Å². The van der Waals surface area contributed by atoms with Gasteiger partial charge in [0, 0.05) is 43.9 Å². The van der Waals surface area contributed by atoms with Gasteiger partial charge in [0.25, 0.3) is 5.92 Å². The summed E-state index contributed by atoms with van der Waals surface area (Å²) in [6, 6.07) is 0.284. The number of nitrogens with zero attached hydrogens (tertiary/aromatic N) is 7. The van der Waals surface area contributed by atoms with Crippen molar-refractivity contribution in [3.05, 3.63) is 18.6 Å². The van der Waals surface area contributed by atoms with Crippen LogP contribution >= 0.6 is 11.9 Å². The van der Waals surface area contributed by atoms with Gasteiger partial charge in [0.05, 0.1) is 18.9 Å². The van der Waals surface area contributed by atoms with Crippen LogP contribution in [0.4, 0.5) is 20.5 Å². The lowest BCUT2D eigenvalue weighted by atomic mass is 10.1. The third kappa shape index (κ3) is 3.69. The molecule has 0 bridgehead atoms. The summed E-state index contributed by atoms with van der Waals surface area (Å²) in [5.74, 6) is -1.72. The van der Waals surface area contributed by atoms with Gasteiger partial charge in [0.15, 0.2) is 11.5 Å². The average molecular weight is 436 g/mol. The van der Waals surface area contributed by atoms with Gasteiger partial charge in [-0.2, -0.15) is 14.6 Å². The minimum Gasteiger partial charge on any atom is -0.350 e. The van der Waals surface area contributed by atoms with Gasteiger partial charge in [-0.25, -0.2) is 13.8 Å². The molecule has 0 saturated carbocycles. The highest BCUT2D eigenvalue weighted by atomic mass is 32.2. The van der Waals surface area contributed by atoms with Gasteiger partial charge < -0.3 is 10.2 Å². The van der Waals surface area contributed by atoms with E-state index >= 15 is 0 Å². The molecule has 0 atom stereocenters. The number of aromatic nitrogens is 6. The second-order valence-corrected chi connectivity index (χ2v) is 8.56. The fraction of sp³-hybridized carbons (Fsp3) is 0.556. The van der Waals surface area contributed by atoms with E-state index in [4.69, 9.17) is 0 Å². The molecule has 2 aliphatic heterocycles. The normalized spacial score (nSPS) is 20.3. The average Bonchev–Trinajstić information content (AvgIpc) is 3.47. The first-order valence-electron chi connectivity index (χ1n) is 9.96. The van der Waals surface area contributed by atoms with E-state index in [-0.39, 0.29) is 25.6 Å². The first kappa shape index (κ1) is 19.5. The Morgan fingerprint density at radius 3 is 2.73 bits per heavy atom. The molecule has 2 saturated heterocycles. The third-order valence-electron chi connectivity index (χ3n) is 5.64. The van der Waals surface area contributed by atoms with Gasteiger partial charge in [0.1, 0.15) is 5.69 Å². The van der Waals surface area contributed by atoms with Crippen LogP contribution in [0.1, 0.15) is 19.3 Å². The molecule has 12 heteroatoms. The summed E-state index contributed by atoms with van der Waals surface area (Å²) in [5.41, 5.74) is 1.80. The standard InChI is InChI=1S/C18H23F2N9S/c1-30-28-5-2-13(3-6-28)24-17-25-14-10-21-15(12-8-22-23-9-12)16(29(14)26-17)27-7-4-18(19,20)11-27/h8-10,13H,2-7,11H2,1H3,(H,22,23)(H,24,26). The number of H-pyrrole nitrogens is 1. The van der Waals surface area contributed by atoms with Gasteiger partial charge in [0.2, 0.25) is 5.95 Å². The molecule has 5 rings (SSSR count). The molecular weight excluding hydrogens is 412 g/mol. The SMILES string of the molecule is CSN1CCC(Nc2nc3cnc(-c4cn[nH]c4)c(N4CCC(F)(F)C4)n3n2)CC1. The number of anilines is 2. The highest BCUT2D eigenvalue weighted by molar-refractivity contribution is 7.96. The van der Waals surface area contributed by atoms with Crippen LogP contribution in [0.2, 0.25) is 0 Å². The van der Waals surface area contributed by atoms with Crippen molar-refractivity contribution < 1.29 is 8.78 Å². The van der Waals surface area contributed by atoms with Crippen LogP contribution in [0, 0.1) is 0 Å². The zero-order chi connectivity index (χ0) is 20.7. The van der Waals surface area contributed by atoms with Crippen molar-refractivity contribution in [1.82, 2.24) is 34.1 Å². The van der Waals surface area contributed by atoms with E-state index in [2.05, 4.69) is 41.1 Å². The van der Waals surface area contributed by atoms with Crippen molar-refractivity contribution in [2.24, 2.45) is 0 Å². The number of hydrogen-bond donors (Lipinski definition) is 2. The van der Waals surface area contributed by atoms with E-state index in [9.17, 15) is 8.78 Å². The van der Waals surface area contributed by atoms with Crippen LogP contribution in [0.5, 0.6) is 0 Å². The lowest BCUT2D eigenvalue weighted by Gasteiger charge is -2.30. The lowest BCUT2D eigenvalue weighted by Crippen LogP contribution is -2.35. The summed E-state index contributed by atoms with van der Waals surface area (Å²) in [7, 11) is 0. The molecule has 5 heterocycles. The van der Waals surface area contributed by atoms with Gasteiger partial charge >= 0.3 is 0 Å². The highest BCUT2D eigenvalue weighted by Crippen LogP contribution is 2.36. The maximum Gasteiger partial charge on any atom is 0.266 e. The number of rotatable bonds is 5. The molecule has 0 radical (unpaired) electrons.